The average Bonchev–Trinajstić information content (AvgIpc) is 3.33. The minimum atomic E-state index is 0.501. The van der Waals surface area contributed by atoms with Gasteiger partial charge in [0.05, 0.1) is 29.6 Å². The highest BCUT2D eigenvalue weighted by molar-refractivity contribution is 7.15. The lowest BCUT2D eigenvalue weighted by molar-refractivity contribution is 0.314. The number of aromatic nitrogens is 5. The molecule has 0 fully saturated rings. The van der Waals surface area contributed by atoms with E-state index in [0.29, 0.717) is 18.3 Å². The van der Waals surface area contributed by atoms with Crippen molar-refractivity contribution in [3.05, 3.63) is 47.0 Å². The Kier molecular flexibility index (Phi) is 3.39. The van der Waals surface area contributed by atoms with Crippen LogP contribution in [0.4, 0.5) is 0 Å². The molecular weight excluding hydrogens is 336 g/mol. The first-order valence-corrected chi connectivity index (χ1v) is 8.98. The third-order valence-corrected chi connectivity index (χ3v) is 5.48. The van der Waals surface area contributed by atoms with Crippen LogP contribution in [0.1, 0.15) is 16.4 Å². The summed E-state index contributed by atoms with van der Waals surface area (Å²) in [5, 5.41) is 4.93. The maximum absolute atomic E-state index is 5.46. The zero-order valence-electron chi connectivity index (χ0n) is 13.7. The maximum Gasteiger partial charge on any atom is 0.286 e. The summed E-state index contributed by atoms with van der Waals surface area (Å²) in [6.07, 6.45) is 2.78. The number of hydrogen-bond donors (Lipinski definition) is 0. The molecule has 4 aromatic rings. The van der Waals surface area contributed by atoms with Crippen LogP contribution in [0.2, 0.25) is 0 Å². The first-order chi connectivity index (χ1) is 12.3. The summed E-state index contributed by atoms with van der Waals surface area (Å²) in [5.41, 5.74) is 3.18. The van der Waals surface area contributed by atoms with E-state index in [9.17, 15) is 0 Å². The normalized spacial score (nSPS) is 14.9. The molecule has 5 rings (SSSR count). The number of para-hydroxylation sites is 2. The lowest BCUT2D eigenvalue weighted by Crippen LogP contribution is -2.25. The van der Waals surface area contributed by atoms with E-state index in [-0.39, 0.29) is 0 Å². The quantitative estimate of drug-likeness (QED) is 0.564. The molecule has 0 spiro atoms. The Morgan fingerprint density at radius 1 is 1.24 bits per heavy atom. The van der Waals surface area contributed by atoms with Gasteiger partial charge in [-0.3, -0.25) is 0 Å². The van der Waals surface area contributed by atoms with Gasteiger partial charge < -0.3 is 14.0 Å². The van der Waals surface area contributed by atoms with Crippen molar-refractivity contribution in [1.82, 2.24) is 29.6 Å². The molecule has 0 atom stereocenters. The molecule has 4 heterocycles. The minimum absolute atomic E-state index is 0.501. The average molecular weight is 352 g/mol. The Balaban J connectivity index is 1.42. The third kappa shape index (κ3) is 2.63. The van der Waals surface area contributed by atoms with Crippen LogP contribution in [0.15, 0.2) is 35.1 Å². The molecule has 7 nitrogen and oxygen atoms in total. The third-order valence-electron chi connectivity index (χ3n) is 4.41. The van der Waals surface area contributed by atoms with Gasteiger partial charge in [-0.2, -0.15) is 4.98 Å². The lowest BCUT2D eigenvalue weighted by Gasteiger charge is -2.20. The van der Waals surface area contributed by atoms with Crippen LogP contribution in [0.25, 0.3) is 21.9 Å². The molecule has 0 bridgehead atoms. The Bertz CT molecular complexity index is 1050. The van der Waals surface area contributed by atoms with E-state index in [1.54, 1.807) is 17.7 Å². The highest BCUT2D eigenvalue weighted by atomic mass is 32.1. The topological polar surface area (TPSA) is 72.9 Å². The lowest BCUT2D eigenvalue weighted by atomic mass is 10.2. The molecule has 0 radical (unpaired) electrons. The fourth-order valence-electron chi connectivity index (χ4n) is 3.11. The summed E-state index contributed by atoms with van der Waals surface area (Å²) >= 11 is 1.65. The molecule has 126 valence electrons. The number of thiazole rings is 1. The molecule has 0 unspecified atom stereocenters. The molecule has 25 heavy (non-hydrogen) atoms. The predicted molar refractivity (Wildman–Crippen MR) is 94.3 cm³/mol. The summed E-state index contributed by atoms with van der Waals surface area (Å²) in [7, 11) is 2.13. The van der Waals surface area contributed by atoms with E-state index >= 15 is 0 Å². The zero-order valence-corrected chi connectivity index (χ0v) is 14.5. The Hall–Kier alpha value is -2.58. The first-order valence-electron chi connectivity index (χ1n) is 8.16. The summed E-state index contributed by atoms with van der Waals surface area (Å²) < 4.78 is 7.48. The van der Waals surface area contributed by atoms with Crippen LogP contribution in [0.5, 0.6) is 0 Å². The summed E-state index contributed by atoms with van der Waals surface area (Å²) in [6.45, 7) is 2.51. The molecule has 1 aromatic carbocycles. The number of likely N-dealkylation sites (N-methyl/N-ethyl adjacent to an activating group) is 1. The second kappa shape index (κ2) is 5.75. The van der Waals surface area contributed by atoms with Gasteiger partial charge in [0.2, 0.25) is 0 Å². The molecule has 0 saturated carbocycles. The van der Waals surface area contributed by atoms with Crippen molar-refractivity contribution < 1.29 is 4.52 Å². The number of fused-ring (bicyclic) bond motifs is 2. The number of rotatable bonds is 3. The molecule has 3 aromatic heterocycles. The van der Waals surface area contributed by atoms with Gasteiger partial charge in [-0.25, -0.2) is 9.97 Å². The molecule has 1 aliphatic heterocycles. The van der Waals surface area contributed by atoms with Crippen LogP contribution in [-0.4, -0.2) is 43.2 Å². The van der Waals surface area contributed by atoms with Crippen LogP contribution in [0, 0.1) is 0 Å². The van der Waals surface area contributed by atoms with Gasteiger partial charge >= 0.3 is 0 Å². The van der Waals surface area contributed by atoms with E-state index in [1.165, 1.54) is 10.6 Å². The largest absolute Gasteiger partial charge is 0.331 e. The molecule has 0 aliphatic carbocycles. The number of nitrogens with zero attached hydrogens (tertiary/aromatic N) is 6. The van der Waals surface area contributed by atoms with Crippen LogP contribution in [-0.2, 0) is 19.5 Å². The molecular formula is C17H16N6OS. The first kappa shape index (κ1) is 14.7. The molecule has 0 saturated heterocycles. The smallest absolute Gasteiger partial charge is 0.286 e. The van der Waals surface area contributed by atoms with Crippen molar-refractivity contribution in [2.75, 3.05) is 13.6 Å². The van der Waals surface area contributed by atoms with E-state index in [0.717, 1.165) is 35.6 Å². The van der Waals surface area contributed by atoms with E-state index in [4.69, 9.17) is 9.51 Å². The molecule has 0 amide bonds. The Morgan fingerprint density at radius 2 is 2.16 bits per heavy atom. The SMILES string of the molecule is CN1CCc2nc(-c3nc(Cn4cnc5ccccc54)no3)sc2C1. The van der Waals surface area contributed by atoms with E-state index in [2.05, 4.69) is 27.1 Å². The van der Waals surface area contributed by atoms with Crippen molar-refractivity contribution in [2.24, 2.45) is 0 Å². The van der Waals surface area contributed by atoms with Crippen LogP contribution in [0.3, 0.4) is 0 Å². The van der Waals surface area contributed by atoms with Gasteiger partial charge in [-0.15, -0.1) is 11.3 Å². The van der Waals surface area contributed by atoms with Crippen molar-refractivity contribution in [2.45, 2.75) is 19.5 Å². The van der Waals surface area contributed by atoms with Gasteiger partial charge in [0.1, 0.15) is 0 Å². The summed E-state index contributed by atoms with van der Waals surface area (Å²) in [6, 6.07) is 8.01. The second-order valence-corrected chi connectivity index (χ2v) is 7.34. The molecule has 0 N–H and O–H groups in total. The van der Waals surface area contributed by atoms with E-state index < -0.39 is 0 Å². The zero-order chi connectivity index (χ0) is 16.8. The molecule has 1 aliphatic rings. The Labute approximate surface area is 147 Å². The number of imidazole rings is 1. The van der Waals surface area contributed by atoms with Gasteiger partial charge in [0, 0.05) is 24.4 Å². The number of hydrogen-bond acceptors (Lipinski definition) is 7. The maximum atomic E-state index is 5.46. The van der Waals surface area contributed by atoms with E-state index in [1.807, 2.05) is 28.8 Å². The fraction of sp³-hybridized carbons (Fsp3) is 0.294. The van der Waals surface area contributed by atoms with Crippen molar-refractivity contribution >= 4 is 22.4 Å². The second-order valence-electron chi connectivity index (χ2n) is 6.25. The van der Waals surface area contributed by atoms with Crippen molar-refractivity contribution in [1.29, 1.82) is 0 Å². The predicted octanol–water partition coefficient (Wildman–Crippen LogP) is 2.58. The van der Waals surface area contributed by atoms with Crippen molar-refractivity contribution in [3.63, 3.8) is 0 Å². The highest BCUT2D eigenvalue weighted by Crippen LogP contribution is 2.30. The number of benzene rings is 1. The molecule has 8 heteroatoms. The van der Waals surface area contributed by atoms with Crippen LogP contribution < -0.4 is 0 Å². The monoisotopic (exact) mass is 352 g/mol. The standard InChI is InChI=1S/C17H16N6OS/c1-22-7-6-12-14(8-22)25-17(19-12)16-20-15(21-24-16)9-23-10-18-11-4-2-3-5-13(11)23/h2-5,10H,6-9H2,1H3. The van der Waals surface area contributed by atoms with Crippen molar-refractivity contribution in [3.8, 4) is 10.9 Å². The van der Waals surface area contributed by atoms with Gasteiger partial charge in [-0.1, -0.05) is 17.3 Å². The summed E-state index contributed by atoms with van der Waals surface area (Å²) in [4.78, 5) is 17.2. The van der Waals surface area contributed by atoms with Gasteiger partial charge in [0.25, 0.3) is 5.89 Å². The fourth-order valence-corrected chi connectivity index (χ4v) is 4.22. The van der Waals surface area contributed by atoms with Gasteiger partial charge in [-0.05, 0) is 19.2 Å². The highest BCUT2D eigenvalue weighted by Gasteiger charge is 2.21. The summed E-state index contributed by atoms with van der Waals surface area (Å²) in [5.74, 6) is 1.13. The Morgan fingerprint density at radius 3 is 3.12 bits per heavy atom. The minimum Gasteiger partial charge on any atom is -0.331 e. The van der Waals surface area contributed by atoms with Crippen LogP contribution >= 0.6 is 11.3 Å². The van der Waals surface area contributed by atoms with Gasteiger partial charge in [0.15, 0.2) is 10.8 Å².